The summed E-state index contributed by atoms with van der Waals surface area (Å²) in [4.78, 5) is 0. The molecule has 0 N–H and O–H groups in total. The fourth-order valence-electron chi connectivity index (χ4n) is 2.68. The molecular weight excluding hydrogens is 443 g/mol. The van der Waals surface area contributed by atoms with E-state index in [0.29, 0.717) is 0 Å². The van der Waals surface area contributed by atoms with E-state index in [4.69, 9.17) is 0 Å². The van der Waals surface area contributed by atoms with E-state index < -0.39 is 7.92 Å². The normalized spacial score (nSPS) is 10.4. The molecule has 3 rings (SSSR count). The number of hydrogen-bond donors (Lipinski definition) is 0. The lowest BCUT2D eigenvalue weighted by Crippen LogP contribution is -2.20. The third-order valence-corrected chi connectivity index (χ3v) is 6.83. The van der Waals surface area contributed by atoms with Gasteiger partial charge >= 0.3 is 0 Å². The average molecular weight is 464 g/mol. The molecule has 0 aliphatic rings. The Bertz CT molecular complexity index is 672. The Morgan fingerprint density at radius 2 is 1.08 bits per heavy atom. The number of hydrogen-bond acceptors (Lipinski definition) is 0. The summed E-state index contributed by atoms with van der Waals surface area (Å²) in [5.41, 5.74) is 1.42. The van der Waals surface area contributed by atoms with Crippen LogP contribution in [0.1, 0.15) is 12.0 Å². The van der Waals surface area contributed by atoms with E-state index in [1.807, 2.05) is 0 Å². The van der Waals surface area contributed by atoms with Gasteiger partial charge in [-0.05, 0) is 42.2 Å². The van der Waals surface area contributed by atoms with E-state index >= 15 is 0 Å². The smallest absolute Gasteiger partial charge is 0.00344 e. The molecule has 3 aromatic rings. The van der Waals surface area contributed by atoms with Crippen molar-refractivity contribution in [2.45, 2.75) is 12.8 Å². The molecule has 0 spiro atoms. The first kappa shape index (κ1) is 19.4. The lowest BCUT2D eigenvalue weighted by atomic mass is 10.1. The second-order valence-corrected chi connectivity index (χ2v) is 8.48. The highest BCUT2D eigenvalue weighted by Gasteiger charge is 2.15. The molecule has 3 aromatic carbocycles. The molecule has 0 heterocycles. The van der Waals surface area contributed by atoms with Gasteiger partial charge in [0.15, 0.2) is 0 Å². The van der Waals surface area contributed by atoms with Crippen molar-refractivity contribution in [2.75, 3.05) is 5.33 Å². The highest BCUT2D eigenvalue weighted by atomic mass is 79.9. The first-order chi connectivity index (χ1) is 11.4. The summed E-state index contributed by atoms with van der Waals surface area (Å²) in [5, 5.41) is 5.29. The highest BCUT2D eigenvalue weighted by molar-refractivity contribution is 9.09. The minimum atomic E-state index is -0.481. The Morgan fingerprint density at radius 3 is 1.54 bits per heavy atom. The average Bonchev–Trinajstić information content (AvgIpc) is 2.63. The minimum absolute atomic E-state index is 0. The largest absolute Gasteiger partial charge is 0.114 e. The van der Waals surface area contributed by atoms with Crippen LogP contribution in [-0.2, 0) is 6.42 Å². The zero-order valence-corrected chi connectivity index (χ0v) is 17.6. The van der Waals surface area contributed by atoms with Gasteiger partial charge in [-0.3, -0.25) is 0 Å². The fourth-order valence-corrected chi connectivity index (χ4v) is 5.25. The third kappa shape index (κ3) is 5.02. The molecule has 0 saturated heterocycles. The summed E-state index contributed by atoms with van der Waals surface area (Å²) in [5.74, 6) is 0. The van der Waals surface area contributed by atoms with Crippen molar-refractivity contribution in [3.63, 3.8) is 0 Å². The quantitative estimate of drug-likeness (QED) is 0.341. The predicted molar refractivity (Wildman–Crippen MR) is 118 cm³/mol. The SMILES string of the molecule is Br.BrCCCc1ccc(P(c2ccccc2)c2ccccc2)cc1. The summed E-state index contributed by atoms with van der Waals surface area (Å²) in [6, 6.07) is 30.9. The van der Waals surface area contributed by atoms with Crippen LogP contribution in [0.15, 0.2) is 84.9 Å². The molecule has 0 fully saturated rings. The number of rotatable bonds is 6. The molecule has 0 aliphatic carbocycles. The van der Waals surface area contributed by atoms with Gasteiger partial charge in [0, 0.05) is 5.33 Å². The van der Waals surface area contributed by atoms with Crippen LogP contribution >= 0.6 is 40.8 Å². The molecule has 24 heavy (non-hydrogen) atoms. The van der Waals surface area contributed by atoms with Crippen LogP contribution in [0, 0.1) is 0 Å². The Balaban J connectivity index is 0.00000208. The molecule has 124 valence electrons. The van der Waals surface area contributed by atoms with Gasteiger partial charge in [0.2, 0.25) is 0 Å². The Labute approximate surface area is 165 Å². The minimum Gasteiger partial charge on any atom is -0.114 e. The van der Waals surface area contributed by atoms with Crippen LogP contribution < -0.4 is 15.9 Å². The molecule has 0 aliphatic heterocycles. The van der Waals surface area contributed by atoms with E-state index in [1.165, 1.54) is 27.9 Å². The molecule has 3 heteroatoms. The molecule has 0 aromatic heterocycles. The molecule has 0 radical (unpaired) electrons. The van der Waals surface area contributed by atoms with Crippen molar-refractivity contribution in [3.8, 4) is 0 Å². The number of aryl methyl sites for hydroxylation is 1. The standard InChI is InChI=1S/C21H20BrP.BrH/c22-17-7-8-18-13-15-21(16-14-18)23(19-9-3-1-4-10-19)20-11-5-2-6-12-20;/h1-6,9-16H,7-8,17H2;1H. The maximum atomic E-state index is 3.51. The van der Waals surface area contributed by atoms with Gasteiger partial charge in [0.25, 0.3) is 0 Å². The van der Waals surface area contributed by atoms with Crippen LogP contribution in [0.4, 0.5) is 0 Å². The van der Waals surface area contributed by atoms with Crippen LogP contribution in [-0.4, -0.2) is 5.33 Å². The first-order valence-electron chi connectivity index (χ1n) is 7.93. The zero-order valence-electron chi connectivity index (χ0n) is 13.4. The van der Waals surface area contributed by atoms with Gasteiger partial charge in [0.1, 0.15) is 0 Å². The molecule has 0 nitrogen and oxygen atoms in total. The van der Waals surface area contributed by atoms with Crippen molar-refractivity contribution in [1.29, 1.82) is 0 Å². The van der Waals surface area contributed by atoms with Gasteiger partial charge in [-0.1, -0.05) is 101 Å². The van der Waals surface area contributed by atoms with Crippen molar-refractivity contribution >= 4 is 56.7 Å². The van der Waals surface area contributed by atoms with Gasteiger partial charge in [0.05, 0.1) is 0 Å². The molecule has 0 bridgehead atoms. The highest BCUT2D eigenvalue weighted by Crippen LogP contribution is 2.32. The van der Waals surface area contributed by atoms with E-state index in [-0.39, 0.29) is 17.0 Å². The van der Waals surface area contributed by atoms with Crippen LogP contribution in [0.5, 0.6) is 0 Å². The maximum absolute atomic E-state index is 3.51. The van der Waals surface area contributed by atoms with Crippen LogP contribution in [0.3, 0.4) is 0 Å². The lowest BCUT2D eigenvalue weighted by molar-refractivity contribution is 0.940. The Morgan fingerprint density at radius 1 is 0.625 bits per heavy atom. The molecule has 0 saturated carbocycles. The first-order valence-corrected chi connectivity index (χ1v) is 10.4. The van der Waals surface area contributed by atoms with Gasteiger partial charge < -0.3 is 0 Å². The van der Waals surface area contributed by atoms with Gasteiger partial charge in [-0.2, -0.15) is 0 Å². The summed E-state index contributed by atoms with van der Waals surface area (Å²) in [6.07, 6.45) is 2.33. The summed E-state index contributed by atoms with van der Waals surface area (Å²) in [6.45, 7) is 0. The molecular formula is C21H21Br2P. The fraction of sp³-hybridized carbons (Fsp3) is 0.143. The summed E-state index contributed by atoms with van der Waals surface area (Å²) < 4.78 is 0. The second-order valence-electron chi connectivity index (χ2n) is 5.47. The molecule has 0 unspecified atom stereocenters. The zero-order chi connectivity index (χ0) is 15.9. The number of alkyl halides is 1. The number of halogens is 2. The third-order valence-electron chi connectivity index (χ3n) is 3.82. The van der Waals surface area contributed by atoms with E-state index in [0.717, 1.165) is 11.8 Å². The van der Waals surface area contributed by atoms with E-state index in [9.17, 15) is 0 Å². The van der Waals surface area contributed by atoms with E-state index in [2.05, 4.69) is 101 Å². The number of benzene rings is 3. The molecule has 0 atom stereocenters. The lowest BCUT2D eigenvalue weighted by Gasteiger charge is -2.19. The van der Waals surface area contributed by atoms with Crippen molar-refractivity contribution in [1.82, 2.24) is 0 Å². The second kappa shape index (κ2) is 10.1. The van der Waals surface area contributed by atoms with Crippen molar-refractivity contribution in [2.24, 2.45) is 0 Å². The monoisotopic (exact) mass is 462 g/mol. The van der Waals surface area contributed by atoms with E-state index in [1.54, 1.807) is 0 Å². The Hall–Kier alpha value is -0.950. The Kier molecular flexibility index (Phi) is 8.18. The van der Waals surface area contributed by atoms with Crippen LogP contribution in [0.25, 0.3) is 0 Å². The summed E-state index contributed by atoms with van der Waals surface area (Å²) in [7, 11) is -0.481. The van der Waals surface area contributed by atoms with Crippen molar-refractivity contribution < 1.29 is 0 Å². The molecule has 0 amide bonds. The van der Waals surface area contributed by atoms with Gasteiger partial charge in [-0.15, -0.1) is 17.0 Å². The van der Waals surface area contributed by atoms with Gasteiger partial charge in [-0.25, -0.2) is 0 Å². The summed E-state index contributed by atoms with van der Waals surface area (Å²) >= 11 is 3.51. The predicted octanol–water partition coefficient (Wildman–Crippen LogP) is 5.35. The van der Waals surface area contributed by atoms with Crippen LogP contribution in [0.2, 0.25) is 0 Å². The maximum Gasteiger partial charge on any atom is 0.00344 e. The topological polar surface area (TPSA) is 0 Å². The van der Waals surface area contributed by atoms with Crippen molar-refractivity contribution in [3.05, 3.63) is 90.5 Å².